The highest BCUT2D eigenvalue weighted by atomic mass is 16.5. The lowest BCUT2D eigenvalue weighted by atomic mass is 9.79. The molecule has 0 amide bonds. The van der Waals surface area contributed by atoms with Crippen LogP contribution in [0.2, 0.25) is 0 Å². The van der Waals surface area contributed by atoms with E-state index in [1.54, 1.807) is 0 Å². The molecular weight excluding hydrogens is 614 g/mol. The smallest absolute Gasteiger partial charge is 0.320 e. The van der Waals surface area contributed by atoms with E-state index in [9.17, 15) is 14.4 Å². The number of esters is 3. The summed E-state index contributed by atoms with van der Waals surface area (Å²) in [7, 11) is 3.77. The Bertz CT molecular complexity index is 966. The van der Waals surface area contributed by atoms with Crippen molar-refractivity contribution in [2.24, 2.45) is 11.8 Å². The molecule has 1 saturated heterocycles. The van der Waals surface area contributed by atoms with Gasteiger partial charge in [-0.15, -0.1) is 0 Å². The molecule has 0 aromatic rings. The molecule has 7 heteroatoms. The summed E-state index contributed by atoms with van der Waals surface area (Å²) in [6, 6.07) is 0. The standard InChI is InChI=1S/C42H71NO6/c1-6-9-20-26-36-33-40(44)47-31-24-18-14-12-16-22-28-38(49-42(46)35-43(4)5)29-23-17-13-15-19-25-32-48-41(45)34-37(27-21-10-7-2)39(36)30-11-8-3/h36-38H,3,6-7,9-10,12-29,31-35H2,1-2,4-5H3. The molecule has 49 heavy (non-hydrogen) atoms. The van der Waals surface area contributed by atoms with E-state index in [4.69, 9.17) is 14.2 Å². The molecule has 1 aliphatic rings. The van der Waals surface area contributed by atoms with Crippen molar-refractivity contribution in [2.45, 2.75) is 174 Å². The van der Waals surface area contributed by atoms with Crippen LogP contribution in [0.1, 0.15) is 168 Å². The molecule has 0 radical (unpaired) electrons. The highest BCUT2D eigenvalue weighted by molar-refractivity contribution is 5.72. The van der Waals surface area contributed by atoms with Gasteiger partial charge in [-0.05, 0) is 95.2 Å². The lowest BCUT2D eigenvalue weighted by Crippen LogP contribution is -2.27. The van der Waals surface area contributed by atoms with Crippen molar-refractivity contribution < 1.29 is 28.6 Å². The second-order valence-electron chi connectivity index (χ2n) is 14.3. The third kappa shape index (κ3) is 24.3. The van der Waals surface area contributed by atoms with Crippen molar-refractivity contribution in [1.82, 2.24) is 4.90 Å². The summed E-state index contributed by atoms with van der Waals surface area (Å²) in [6.07, 6.45) is 23.0. The summed E-state index contributed by atoms with van der Waals surface area (Å²) in [5.41, 5.74) is 9.92. The maximum absolute atomic E-state index is 13.2. The Morgan fingerprint density at radius 2 is 1.18 bits per heavy atom. The number of hydrogen-bond acceptors (Lipinski definition) is 7. The topological polar surface area (TPSA) is 82.1 Å². The fourth-order valence-corrected chi connectivity index (χ4v) is 6.67. The minimum atomic E-state index is -0.186. The highest BCUT2D eigenvalue weighted by Crippen LogP contribution is 2.33. The molecule has 0 saturated carbocycles. The fraction of sp³-hybridized carbons (Fsp3) is 0.810. The summed E-state index contributed by atoms with van der Waals surface area (Å²) in [4.78, 5) is 40.5. The van der Waals surface area contributed by atoms with Gasteiger partial charge in [0.2, 0.25) is 0 Å². The number of ether oxygens (including phenoxy) is 3. The van der Waals surface area contributed by atoms with Crippen LogP contribution in [0.25, 0.3) is 0 Å². The first-order valence-corrected chi connectivity index (χ1v) is 19.9. The Morgan fingerprint density at radius 3 is 1.61 bits per heavy atom. The molecule has 0 N–H and O–H groups in total. The summed E-state index contributed by atoms with van der Waals surface area (Å²) >= 11 is 0. The molecule has 0 spiro atoms. The van der Waals surface area contributed by atoms with E-state index in [-0.39, 0.29) is 48.7 Å². The number of nitrogens with zero attached hydrogens (tertiary/aromatic N) is 1. The lowest BCUT2D eigenvalue weighted by Gasteiger charge is -2.25. The Hall–Kier alpha value is -2.55. The van der Waals surface area contributed by atoms with Crippen molar-refractivity contribution >= 4 is 17.9 Å². The van der Waals surface area contributed by atoms with E-state index in [2.05, 4.69) is 37.6 Å². The molecule has 0 aliphatic carbocycles. The number of carbonyl (C=O) groups is 3. The molecule has 280 valence electrons. The van der Waals surface area contributed by atoms with Gasteiger partial charge >= 0.3 is 17.9 Å². The molecule has 1 fully saturated rings. The molecule has 1 rings (SSSR count). The van der Waals surface area contributed by atoms with Gasteiger partial charge in [0.05, 0.1) is 32.6 Å². The zero-order valence-corrected chi connectivity index (χ0v) is 31.9. The average Bonchev–Trinajstić information content (AvgIpc) is 3.05. The van der Waals surface area contributed by atoms with Gasteiger partial charge in [-0.25, -0.2) is 0 Å². The number of likely N-dealkylation sites (N-methyl/N-ethyl adjacent to an activating group) is 1. The number of unbranched alkanes of at least 4 members (excludes halogenated alkanes) is 4. The van der Waals surface area contributed by atoms with Gasteiger partial charge in [0, 0.05) is 0 Å². The zero-order valence-electron chi connectivity index (χ0n) is 31.9. The van der Waals surface area contributed by atoms with Crippen LogP contribution in [0.5, 0.6) is 0 Å². The molecular formula is C42H71NO6. The third-order valence-electron chi connectivity index (χ3n) is 9.42. The molecule has 7 nitrogen and oxygen atoms in total. The summed E-state index contributed by atoms with van der Waals surface area (Å²) in [5, 5.41) is 0. The van der Waals surface area contributed by atoms with Crippen LogP contribution < -0.4 is 0 Å². The second kappa shape index (κ2) is 30.3. The predicted molar refractivity (Wildman–Crippen MR) is 199 cm³/mol. The third-order valence-corrected chi connectivity index (χ3v) is 9.42. The van der Waals surface area contributed by atoms with Crippen molar-refractivity contribution in [3.63, 3.8) is 0 Å². The van der Waals surface area contributed by atoms with Crippen LogP contribution in [-0.2, 0) is 28.6 Å². The quantitative estimate of drug-likeness (QED) is 0.0926. The second-order valence-corrected chi connectivity index (χ2v) is 14.3. The Balaban J connectivity index is 3.01. The van der Waals surface area contributed by atoms with Gasteiger partial charge in [-0.1, -0.05) is 115 Å². The van der Waals surface area contributed by atoms with Crippen molar-refractivity contribution in [3.8, 4) is 0 Å². The van der Waals surface area contributed by atoms with Crippen LogP contribution in [0.3, 0.4) is 0 Å². The Labute approximate surface area is 300 Å². The molecule has 2 unspecified atom stereocenters. The Kier molecular flexibility index (Phi) is 27.5. The van der Waals surface area contributed by atoms with Crippen molar-refractivity contribution in [2.75, 3.05) is 33.9 Å². The number of cyclic esters (lactones) is 2. The fourth-order valence-electron chi connectivity index (χ4n) is 6.67. The maximum atomic E-state index is 13.2. The molecule has 1 aliphatic heterocycles. The normalized spacial score (nSPS) is 22.2. The van der Waals surface area contributed by atoms with Gasteiger partial charge in [0.15, 0.2) is 0 Å². The highest BCUT2D eigenvalue weighted by Gasteiger charge is 2.28. The van der Waals surface area contributed by atoms with E-state index in [0.717, 1.165) is 147 Å². The van der Waals surface area contributed by atoms with E-state index >= 15 is 0 Å². The minimum absolute atomic E-state index is 0.0138. The SMILES string of the molecule is C=C=C=C=C1C(CCCCC)CC(=O)OCCCCCCCCC(OC(=O)CN(C)C)CCCCCCCCOC(=O)CC1CCCCC. The van der Waals surface area contributed by atoms with Gasteiger partial charge in [0.1, 0.15) is 6.10 Å². The van der Waals surface area contributed by atoms with Gasteiger partial charge in [-0.3, -0.25) is 19.3 Å². The average molecular weight is 686 g/mol. The Morgan fingerprint density at radius 1 is 0.735 bits per heavy atom. The first-order chi connectivity index (χ1) is 23.8. The summed E-state index contributed by atoms with van der Waals surface area (Å²) in [5.74, 6) is -0.646. The monoisotopic (exact) mass is 686 g/mol. The summed E-state index contributed by atoms with van der Waals surface area (Å²) < 4.78 is 17.4. The first kappa shape index (κ1) is 44.5. The van der Waals surface area contributed by atoms with E-state index < -0.39 is 0 Å². The van der Waals surface area contributed by atoms with Gasteiger partial charge in [0.25, 0.3) is 0 Å². The first-order valence-electron chi connectivity index (χ1n) is 19.9. The zero-order chi connectivity index (χ0) is 36.0. The summed E-state index contributed by atoms with van der Waals surface area (Å²) in [6.45, 7) is 9.22. The number of allylic oxidation sites excluding steroid dienone is 1. The van der Waals surface area contributed by atoms with E-state index in [1.807, 2.05) is 19.0 Å². The van der Waals surface area contributed by atoms with Crippen LogP contribution in [-0.4, -0.2) is 62.8 Å². The largest absolute Gasteiger partial charge is 0.466 e. The maximum Gasteiger partial charge on any atom is 0.320 e. The molecule has 0 aromatic heterocycles. The molecule has 0 bridgehead atoms. The van der Waals surface area contributed by atoms with Crippen LogP contribution >= 0.6 is 0 Å². The van der Waals surface area contributed by atoms with Crippen molar-refractivity contribution in [3.05, 3.63) is 29.3 Å². The molecule has 1 heterocycles. The van der Waals surface area contributed by atoms with Crippen molar-refractivity contribution in [1.29, 1.82) is 0 Å². The molecule has 0 aromatic carbocycles. The van der Waals surface area contributed by atoms with Crippen LogP contribution in [0.15, 0.2) is 29.3 Å². The number of carbonyl (C=O) groups excluding carboxylic acids is 3. The lowest BCUT2D eigenvalue weighted by molar-refractivity contribution is -0.150. The predicted octanol–water partition coefficient (Wildman–Crippen LogP) is 10.2. The van der Waals surface area contributed by atoms with Gasteiger partial charge < -0.3 is 14.2 Å². The van der Waals surface area contributed by atoms with E-state index in [1.165, 1.54) is 0 Å². The van der Waals surface area contributed by atoms with Crippen LogP contribution in [0.4, 0.5) is 0 Å². The van der Waals surface area contributed by atoms with Crippen LogP contribution in [0, 0.1) is 11.8 Å². The molecule has 2 atom stereocenters. The van der Waals surface area contributed by atoms with Gasteiger partial charge in [-0.2, -0.15) is 0 Å². The minimum Gasteiger partial charge on any atom is -0.466 e. The number of rotatable bonds is 11. The van der Waals surface area contributed by atoms with E-state index in [0.29, 0.717) is 19.8 Å². The number of hydrogen-bond donors (Lipinski definition) is 0.